The highest BCUT2D eigenvalue weighted by molar-refractivity contribution is 5.87. The molecule has 17 heavy (non-hydrogen) atoms. The monoisotopic (exact) mass is 238 g/mol. The first-order chi connectivity index (χ1) is 8.06. The van der Waals surface area contributed by atoms with Gasteiger partial charge in [0.2, 0.25) is 0 Å². The zero-order chi connectivity index (χ0) is 12.4. The number of hydrogen-bond donors (Lipinski definition) is 1. The Balaban J connectivity index is 2.13. The Hall–Kier alpha value is -2.78. The van der Waals surface area contributed by atoms with E-state index in [4.69, 9.17) is 5.73 Å². The Kier molecular flexibility index (Phi) is 2.52. The zero-order valence-electron chi connectivity index (χ0n) is 8.31. The van der Waals surface area contributed by atoms with Crippen molar-refractivity contribution in [1.82, 2.24) is 19.9 Å². The van der Waals surface area contributed by atoms with Gasteiger partial charge in [-0.1, -0.05) is 5.16 Å². The lowest BCUT2D eigenvalue weighted by molar-refractivity contribution is -0.385. The molecule has 2 heterocycles. The smallest absolute Gasteiger partial charge is 0.315 e. The Morgan fingerprint density at radius 2 is 2.41 bits per heavy atom. The molecule has 0 spiro atoms. The number of nitrogens with zero attached hydrogens (tertiary/aromatic N) is 5. The fraction of sp³-hybridized carbons (Fsp3) is 0.143. The van der Waals surface area contributed by atoms with E-state index < -0.39 is 10.8 Å². The van der Waals surface area contributed by atoms with Gasteiger partial charge in [-0.2, -0.15) is 10.1 Å². The summed E-state index contributed by atoms with van der Waals surface area (Å²) in [5.41, 5.74) is 4.77. The molecular weight excluding hydrogens is 232 g/mol. The van der Waals surface area contributed by atoms with Crippen molar-refractivity contribution in [2.24, 2.45) is 5.73 Å². The molecule has 10 heteroatoms. The summed E-state index contributed by atoms with van der Waals surface area (Å²) < 4.78 is 5.79. The van der Waals surface area contributed by atoms with Crippen LogP contribution < -0.4 is 5.73 Å². The second kappa shape index (κ2) is 4.00. The Morgan fingerprint density at radius 1 is 1.65 bits per heavy atom. The summed E-state index contributed by atoms with van der Waals surface area (Å²) in [7, 11) is 0. The van der Waals surface area contributed by atoms with Crippen LogP contribution in [0.4, 0.5) is 5.69 Å². The Labute approximate surface area is 93.2 Å². The van der Waals surface area contributed by atoms with Gasteiger partial charge < -0.3 is 10.3 Å². The fourth-order valence-electron chi connectivity index (χ4n) is 1.10. The number of carbonyl (C=O) groups excluding carboxylic acids is 1. The Morgan fingerprint density at radius 3 is 2.94 bits per heavy atom. The molecule has 0 aliphatic carbocycles. The third-order valence-corrected chi connectivity index (χ3v) is 1.81. The van der Waals surface area contributed by atoms with Crippen molar-refractivity contribution in [1.29, 1.82) is 0 Å². The van der Waals surface area contributed by atoms with Crippen LogP contribution in [-0.2, 0) is 6.54 Å². The molecule has 0 aliphatic heterocycles. The van der Waals surface area contributed by atoms with Crippen molar-refractivity contribution in [3.05, 3.63) is 34.2 Å². The van der Waals surface area contributed by atoms with Gasteiger partial charge in [0.25, 0.3) is 0 Å². The van der Waals surface area contributed by atoms with Crippen molar-refractivity contribution in [2.45, 2.75) is 6.54 Å². The standard InChI is InChI=1S/C7H6N6O4/c8-6(14)7-10-5(11-17-7)3-12-2-4(1-9-12)13(15)16/h1-2H,3H2,(H2,8,14). The number of nitro groups is 1. The van der Waals surface area contributed by atoms with Crippen molar-refractivity contribution >= 4 is 11.6 Å². The molecule has 0 fully saturated rings. The van der Waals surface area contributed by atoms with E-state index in [0.29, 0.717) is 0 Å². The second-order valence-corrected chi connectivity index (χ2v) is 3.03. The average Bonchev–Trinajstić information content (AvgIpc) is 2.87. The van der Waals surface area contributed by atoms with Gasteiger partial charge in [0, 0.05) is 0 Å². The first kappa shape index (κ1) is 10.7. The topological polar surface area (TPSA) is 143 Å². The minimum atomic E-state index is -0.838. The molecular formula is C7H6N6O4. The maximum atomic E-state index is 10.7. The molecule has 88 valence electrons. The van der Waals surface area contributed by atoms with Gasteiger partial charge in [0.15, 0.2) is 5.82 Å². The van der Waals surface area contributed by atoms with Gasteiger partial charge in [-0.25, -0.2) is 0 Å². The second-order valence-electron chi connectivity index (χ2n) is 3.03. The lowest BCUT2D eigenvalue weighted by atomic mass is 10.5. The minimum absolute atomic E-state index is 0.0462. The number of carbonyl (C=O) groups is 1. The SMILES string of the molecule is NC(=O)c1nc(Cn2cc([N+](=O)[O-])cn2)no1. The van der Waals surface area contributed by atoms with E-state index in [2.05, 4.69) is 19.8 Å². The fourth-order valence-corrected chi connectivity index (χ4v) is 1.10. The maximum absolute atomic E-state index is 10.7. The molecule has 2 aromatic heterocycles. The average molecular weight is 238 g/mol. The van der Waals surface area contributed by atoms with E-state index in [1.165, 1.54) is 10.9 Å². The number of hydrogen-bond acceptors (Lipinski definition) is 7. The lowest BCUT2D eigenvalue weighted by Gasteiger charge is -1.92. The molecule has 0 saturated heterocycles. The molecule has 0 bridgehead atoms. The van der Waals surface area contributed by atoms with E-state index in [1.54, 1.807) is 0 Å². The Bertz CT molecular complexity index is 522. The van der Waals surface area contributed by atoms with Crippen LogP contribution in [0.2, 0.25) is 0 Å². The predicted octanol–water partition coefficient (Wildman–Crippen LogP) is -0.679. The van der Waals surface area contributed by atoms with Gasteiger partial charge in [0.1, 0.15) is 18.9 Å². The molecule has 2 aromatic rings. The summed E-state index contributed by atoms with van der Waals surface area (Å²) in [5, 5.41) is 17.6. The molecule has 1 amide bonds. The summed E-state index contributed by atoms with van der Waals surface area (Å²) in [6.07, 6.45) is 2.30. The molecule has 0 atom stereocenters. The highest BCUT2D eigenvalue weighted by atomic mass is 16.6. The van der Waals surface area contributed by atoms with Crippen LogP contribution in [0.3, 0.4) is 0 Å². The summed E-state index contributed by atoms with van der Waals surface area (Å²) in [6, 6.07) is 0. The summed E-state index contributed by atoms with van der Waals surface area (Å²) >= 11 is 0. The van der Waals surface area contributed by atoms with Gasteiger partial charge in [-0.15, -0.1) is 0 Å². The number of rotatable bonds is 4. The normalized spacial score (nSPS) is 10.4. The molecule has 0 aromatic carbocycles. The van der Waals surface area contributed by atoms with Crippen LogP contribution in [0.1, 0.15) is 16.5 Å². The van der Waals surface area contributed by atoms with Crippen molar-refractivity contribution in [2.75, 3.05) is 0 Å². The largest absolute Gasteiger partial charge is 0.361 e. The molecule has 10 nitrogen and oxygen atoms in total. The van der Waals surface area contributed by atoms with Gasteiger partial charge in [0.05, 0.1) is 4.92 Å². The molecule has 0 saturated carbocycles. The van der Waals surface area contributed by atoms with E-state index in [1.807, 2.05) is 0 Å². The molecule has 2 N–H and O–H groups in total. The maximum Gasteiger partial charge on any atom is 0.315 e. The van der Waals surface area contributed by atoms with Crippen LogP contribution in [0, 0.1) is 10.1 Å². The minimum Gasteiger partial charge on any atom is -0.361 e. The predicted molar refractivity (Wildman–Crippen MR) is 50.8 cm³/mol. The third-order valence-electron chi connectivity index (χ3n) is 1.81. The van der Waals surface area contributed by atoms with Crippen molar-refractivity contribution in [3.8, 4) is 0 Å². The van der Waals surface area contributed by atoms with Gasteiger partial charge >= 0.3 is 17.5 Å². The van der Waals surface area contributed by atoms with E-state index in [0.717, 1.165) is 6.20 Å². The van der Waals surface area contributed by atoms with E-state index in [-0.39, 0.29) is 23.9 Å². The van der Waals surface area contributed by atoms with Crippen LogP contribution in [0.25, 0.3) is 0 Å². The number of aromatic nitrogens is 4. The van der Waals surface area contributed by atoms with E-state index in [9.17, 15) is 14.9 Å². The third kappa shape index (κ3) is 2.25. The first-order valence-electron chi connectivity index (χ1n) is 4.35. The molecule has 0 aliphatic rings. The molecule has 2 rings (SSSR count). The molecule has 0 radical (unpaired) electrons. The van der Waals surface area contributed by atoms with Crippen LogP contribution in [-0.4, -0.2) is 30.8 Å². The molecule has 0 unspecified atom stereocenters. The van der Waals surface area contributed by atoms with E-state index >= 15 is 0 Å². The first-order valence-corrected chi connectivity index (χ1v) is 4.35. The lowest BCUT2D eigenvalue weighted by Crippen LogP contribution is -2.11. The van der Waals surface area contributed by atoms with Crippen LogP contribution in [0.5, 0.6) is 0 Å². The number of amides is 1. The quantitative estimate of drug-likeness (QED) is 0.548. The summed E-state index contributed by atoms with van der Waals surface area (Å²) in [5.74, 6) is -1.01. The summed E-state index contributed by atoms with van der Waals surface area (Å²) in [6.45, 7) is 0.0462. The highest BCUT2D eigenvalue weighted by Gasteiger charge is 2.14. The van der Waals surface area contributed by atoms with Crippen LogP contribution in [0.15, 0.2) is 16.9 Å². The van der Waals surface area contributed by atoms with Crippen LogP contribution >= 0.6 is 0 Å². The number of primary amides is 1. The van der Waals surface area contributed by atoms with Gasteiger partial charge in [-0.05, 0) is 0 Å². The van der Waals surface area contributed by atoms with Crippen molar-refractivity contribution in [3.63, 3.8) is 0 Å². The number of nitrogens with two attached hydrogens (primary N) is 1. The highest BCUT2D eigenvalue weighted by Crippen LogP contribution is 2.08. The summed E-state index contributed by atoms with van der Waals surface area (Å²) in [4.78, 5) is 24.2. The van der Waals surface area contributed by atoms with Crippen molar-refractivity contribution < 1.29 is 14.2 Å². The van der Waals surface area contributed by atoms with Gasteiger partial charge in [-0.3, -0.25) is 19.6 Å². The zero-order valence-corrected chi connectivity index (χ0v) is 8.31.